The van der Waals surface area contributed by atoms with Crippen molar-refractivity contribution in [3.05, 3.63) is 23.8 Å². The van der Waals surface area contributed by atoms with Gasteiger partial charge in [-0.2, -0.15) is 0 Å². The summed E-state index contributed by atoms with van der Waals surface area (Å²) in [5.41, 5.74) is 1.20. The third-order valence-electron chi connectivity index (χ3n) is 4.22. The highest BCUT2D eigenvalue weighted by Crippen LogP contribution is 2.42. The summed E-state index contributed by atoms with van der Waals surface area (Å²) in [6.45, 7) is 8.64. The van der Waals surface area contributed by atoms with Crippen molar-refractivity contribution in [3.63, 3.8) is 0 Å². The molecule has 0 saturated heterocycles. The maximum absolute atomic E-state index is 6.36. The summed E-state index contributed by atoms with van der Waals surface area (Å²) in [4.78, 5) is 0. The fourth-order valence-electron chi connectivity index (χ4n) is 2.77. The molecule has 1 aliphatic carbocycles. The first-order valence-electron chi connectivity index (χ1n) is 8.09. The Morgan fingerprint density at radius 3 is 2.57 bits per heavy atom. The minimum atomic E-state index is 0.00647. The van der Waals surface area contributed by atoms with Gasteiger partial charge >= 0.3 is 0 Å². The molecule has 21 heavy (non-hydrogen) atoms. The van der Waals surface area contributed by atoms with Crippen LogP contribution in [0.25, 0.3) is 0 Å². The van der Waals surface area contributed by atoms with Gasteiger partial charge < -0.3 is 14.8 Å². The first-order valence-corrected chi connectivity index (χ1v) is 8.09. The Labute approximate surface area is 129 Å². The number of benzene rings is 1. The smallest absolute Gasteiger partial charge is 0.162 e. The van der Waals surface area contributed by atoms with Crippen LogP contribution >= 0.6 is 0 Å². The minimum Gasteiger partial charge on any atom is -0.493 e. The van der Waals surface area contributed by atoms with Crippen molar-refractivity contribution >= 4 is 0 Å². The monoisotopic (exact) mass is 291 g/mol. The summed E-state index contributed by atoms with van der Waals surface area (Å²) in [5.74, 6) is 2.42. The topological polar surface area (TPSA) is 30.5 Å². The first kappa shape index (κ1) is 16.2. The van der Waals surface area contributed by atoms with Crippen LogP contribution in [0.3, 0.4) is 0 Å². The van der Waals surface area contributed by atoms with Crippen molar-refractivity contribution in [1.82, 2.24) is 5.32 Å². The van der Waals surface area contributed by atoms with E-state index in [9.17, 15) is 0 Å². The molecule has 0 atom stereocenters. The molecule has 0 amide bonds. The average Bonchev–Trinajstić information content (AvgIpc) is 2.41. The van der Waals surface area contributed by atoms with Gasteiger partial charge in [-0.3, -0.25) is 0 Å². The van der Waals surface area contributed by atoms with E-state index in [0.29, 0.717) is 5.92 Å². The molecule has 0 unspecified atom stereocenters. The van der Waals surface area contributed by atoms with E-state index in [1.807, 2.05) is 12.1 Å². The van der Waals surface area contributed by atoms with Gasteiger partial charge in [-0.15, -0.1) is 0 Å². The fraction of sp³-hybridized carbons (Fsp3) is 0.667. The van der Waals surface area contributed by atoms with E-state index in [4.69, 9.17) is 9.47 Å². The van der Waals surface area contributed by atoms with Gasteiger partial charge in [-0.05, 0) is 69.3 Å². The molecule has 0 spiro atoms. The van der Waals surface area contributed by atoms with Gasteiger partial charge in [0.25, 0.3) is 0 Å². The third-order valence-corrected chi connectivity index (χ3v) is 4.22. The first-order chi connectivity index (χ1) is 10.0. The molecule has 0 aliphatic heterocycles. The maximum atomic E-state index is 6.36. The van der Waals surface area contributed by atoms with Crippen LogP contribution < -0.4 is 14.8 Å². The molecule has 3 nitrogen and oxygen atoms in total. The third kappa shape index (κ3) is 4.37. The molecule has 0 bridgehead atoms. The maximum Gasteiger partial charge on any atom is 0.162 e. The minimum absolute atomic E-state index is 0.00647. The Kier molecular flexibility index (Phi) is 5.51. The Bertz CT molecular complexity index is 453. The largest absolute Gasteiger partial charge is 0.493 e. The Balaban J connectivity index is 1.95. The average molecular weight is 291 g/mol. The highest BCUT2D eigenvalue weighted by molar-refractivity contribution is 5.43. The predicted octanol–water partition coefficient (Wildman–Crippen LogP) is 3.94. The lowest BCUT2D eigenvalue weighted by Crippen LogP contribution is -2.45. The summed E-state index contributed by atoms with van der Waals surface area (Å²) >= 11 is 0. The molecular weight excluding hydrogens is 262 g/mol. The van der Waals surface area contributed by atoms with Crippen LogP contribution in [-0.4, -0.2) is 25.8 Å². The summed E-state index contributed by atoms with van der Waals surface area (Å²) in [6, 6.07) is 6.16. The van der Waals surface area contributed by atoms with Crippen molar-refractivity contribution in [1.29, 1.82) is 0 Å². The Morgan fingerprint density at radius 2 is 2.00 bits per heavy atom. The molecule has 1 N–H and O–H groups in total. The van der Waals surface area contributed by atoms with E-state index >= 15 is 0 Å². The molecular formula is C18H29NO2. The van der Waals surface area contributed by atoms with Gasteiger partial charge in [0.2, 0.25) is 0 Å². The standard InChI is InChI=1S/C18H29NO2/c1-14(2)13-19-11-10-18(8-5-9-18)21-16-7-6-15(3)12-17(16)20-4/h6-7,12,14,19H,5,8-11,13H2,1-4H3. The summed E-state index contributed by atoms with van der Waals surface area (Å²) in [7, 11) is 1.71. The highest BCUT2D eigenvalue weighted by Gasteiger charge is 2.39. The van der Waals surface area contributed by atoms with Gasteiger partial charge in [-0.1, -0.05) is 19.9 Å². The summed E-state index contributed by atoms with van der Waals surface area (Å²) in [6.07, 6.45) is 4.62. The zero-order chi connectivity index (χ0) is 15.3. The lowest BCUT2D eigenvalue weighted by Gasteiger charge is -2.42. The van der Waals surface area contributed by atoms with Crippen LogP contribution in [0.1, 0.15) is 45.1 Å². The van der Waals surface area contributed by atoms with Crippen LogP contribution in [0, 0.1) is 12.8 Å². The van der Waals surface area contributed by atoms with E-state index in [2.05, 4.69) is 32.2 Å². The van der Waals surface area contributed by atoms with Gasteiger partial charge in [0.1, 0.15) is 5.60 Å². The number of hydrogen-bond acceptors (Lipinski definition) is 3. The normalized spacial score (nSPS) is 16.6. The number of hydrogen-bond donors (Lipinski definition) is 1. The molecule has 118 valence electrons. The van der Waals surface area contributed by atoms with Crippen molar-refractivity contribution < 1.29 is 9.47 Å². The molecule has 1 aliphatic rings. The predicted molar refractivity (Wildman–Crippen MR) is 87.3 cm³/mol. The number of rotatable bonds is 8. The van der Waals surface area contributed by atoms with Crippen LogP contribution in [0.15, 0.2) is 18.2 Å². The molecule has 0 heterocycles. The number of aryl methyl sites for hydroxylation is 1. The summed E-state index contributed by atoms with van der Waals surface area (Å²) in [5, 5.41) is 3.52. The van der Waals surface area contributed by atoms with Crippen molar-refractivity contribution in [2.45, 2.75) is 52.1 Å². The van der Waals surface area contributed by atoms with Crippen molar-refractivity contribution in [2.24, 2.45) is 5.92 Å². The molecule has 3 heteroatoms. The molecule has 1 fully saturated rings. The molecule has 2 rings (SSSR count). The zero-order valence-electron chi connectivity index (χ0n) is 13.9. The molecule has 0 radical (unpaired) electrons. The second kappa shape index (κ2) is 7.17. The molecule has 1 aromatic carbocycles. The van der Waals surface area contributed by atoms with Crippen LogP contribution in [0.4, 0.5) is 0 Å². The molecule has 1 saturated carbocycles. The van der Waals surface area contributed by atoms with Crippen molar-refractivity contribution in [2.75, 3.05) is 20.2 Å². The number of ether oxygens (including phenoxy) is 2. The second-order valence-corrected chi connectivity index (χ2v) is 6.64. The van der Waals surface area contributed by atoms with Gasteiger partial charge in [0.15, 0.2) is 11.5 Å². The number of methoxy groups -OCH3 is 1. The Morgan fingerprint density at radius 1 is 1.24 bits per heavy atom. The summed E-state index contributed by atoms with van der Waals surface area (Å²) < 4.78 is 11.8. The quantitative estimate of drug-likeness (QED) is 0.736. The van der Waals surface area contributed by atoms with E-state index in [0.717, 1.165) is 43.9 Å². The SMILES string of the molecule is COc1cc(C)ccc1OC1(CCNCC(C)C)CCC1. The lowest BCUT2D eigenvalue weighted by atomic mass is 9.77. The lowest BCUT2D eigenvalue weighted by molar-refractivity contribution is -0.0161. The fourth-order valence-corrected chi connectivity index (χ4v) is 2.77. The molecule has 0 aromatic heterocycles. The van der Waals surface area contributed by atoms with Crippen LogP contribution in [0.2, 0.25) is 0 Å². The van der Waals surface area contributed by atoms with Crippen LogP contribution in [-0.2, 0) is 0 Å². The highest BCUT2D eigenvalue weighted by atomic mass is 16.5. The zero-order valence-corrected chi connectivity index (χ0v) is 13.9. The van der Waals surface area contributed by atoms with Gasteiger partial charge in [0, 0.05) is 0 Å². The second-order valence-electron chi connectivity index (χ2n) is 6.64. The Hall–Kier alpha value is -1.22. The van der Waals surface area contributed by atoms with Gasteiger partial charge in [-0.25, -0.2) is 0 Å². The molecule has 1 aromatic rings. The van der Waals surface area contributed by atoms with Crippen LogP contribution in [0.5, 0.6) is 11.5 Å². The van der Waals surface area contributed by atoms with E-state index < -0.39 is 0 Å². The number of nitrogens with one attached hydrogen (secondary N) is 1. The van der Waals surface area contributed by atoms with E-state index in [1.54, 1.807) is 7.11 Å². The van der Waals surface area contributed by atoms with E-state index in [1.165, 1.54) is 12.0 Å². The van der Waals surface area contributed by atoms with Crippen molar-refractivity contribution in [3.8, 4) is 11.5 Å². The van der Waals surface area contributed by atoms with Gasteiger partial charge in [0.05, 0.1) is 7.11 Å². The van der Waals surface area contributed by atoms with E-state index in [-0.39, 0.29) is 5.60 Å².